The normalized spacial score (nSPS) is 15.9. The second-order valence-electron chi connectivity index (χ2n) is 9.94. The van der Waals surface area contributed by atoms with Crippen molar-refractivity contribution in [2.45, 2.75) is 51.9 Å². The van der Waals surface area contributed by atoms with Crippen LogP contribution in [-0.2, 0) is 24.3 Å². The van der Waals surface area contributed by atoms with Gasteiger partial charge in [0.25, 0.3) is 5.91 Å². The fourth-order valence-electron chi connectivity index (χ4n) is 5.24. The molecule has 0 radical (unpaired) electrons. The Balaban J connectivity index is 1.38. The van der Waals surface area contributed by atoms with Gasteiger partial charge in [0.05, 0.1) is 18.3 Å². The number of benzene rings is 3. The molecule has 0 saturated heterocycles. The van der Waals surface area contributed by atoms with Gasteiger partial charge < -0.3 is 10.1 Å². The molecule has 0 bridgehead atoms. The van der Waals surface area contributed by atoms with E-state index in [0.717, 1.165) is 31.0 Å². The van der Waals surface area contributed by atoms with Crippen molar-refractivity contribution < 1.29 is 9.53 Å². The molecule has 2 unspecified atom stereocenters. The summed E-state index contributed by atoms with van der Waals surface area (Å²) in [6.45, 7) is 6.35. The van der Waals surface area contributed by atoms with E-state index in [1.807, 2.05) is 31.2 Å². The lowest BCUT2D eigenvalue weighted by atomic mass is 9.87. The van der Waals surface area contributed by atoms with E-state index in [9.17, 15) is 4.79 Å². The largest absolute Gasteiger partial charge is 0.481 e. The summed E-state index contributed by atoms with van der Waals surface area (Å²) in [7, 11) is 0. The van der Waals surface area contributed by atoms with Crippen LogP contribution in [0.5, 0.6) is 5.75 Å². The van der Waals surface area contributed by atoms with Gasteiger partial charge in [-0.1, -0.05) is 79.2 Å². The molecule has 5 rings (SSSR count). The highest BCUT2D eigenvalue weighted by atomic mass is 16.5. The topological polar surface area (TPSA) is 54.5 Å². The molecule has 1 N–H and O–H groups in total. The van der Waals surface area contributed by atoms with Crippen LogP contribution >= 0.6 is 0 Å². The minimum atomic E-state index is -0.570. The van der Waals surface area contributed by atoms with E-state index in [-0.39, 0.29) is 11.9 Å². The maximum Gasteiger partial charge on any atom is 0.261 e. The number of aryl methyl sites for hydroxylation is 1. The molecule has 5 nitrogen and oxygen atoms in total. The smallest absolute Gasteiger partial charge is 0.261 e. The van der Waals surface area contributed by atoms with E-state index in [1.165, 1.54) is 27.8 Å². The van der Waals surface area contributed by atoms with Gasteiger partial charge in [0.2, 0.25) is 0 Å². The Hall–Kier alpha value is -3.96. The number of carbonyl (C=O) groups excluding carboxylic acids is 1. The third kappa shape index (κ3) is 6.12. The molecule has 1 amide bonds. The number of aromatic nitrogens is 1. The number of fused-ring (bicyclic) bond motifs is 1. The number of nitrogens with one attached hydrogen (secondary N) is 1. The highest BCUT2D eigenvalue weighted by Crippen LogP contribution is 2.38. The third-order valence-corrected chi connectivity index (χ3v) is 7.14. The summed E-state index contributed by atoms with van der Waals surface area (Å²) >= 11 is 0. The zero-order valence-corrected chi connectivity index (χ0v) is 22.1. The molecule has 38 heavy (non-hydrogen) atoms. The number of hydrogen-bond donors (Lipinski definition) is 1. The van der Waals surface area contributed by atoms with E-state index in [4.69, 9.17) is 4.74 Å². The standard InChI is InChI=1S/C33H35N3O2/c1-3-31(33(37)35-22-28-14-7-8-18-34-28)38-29-16-15-26-17-19-36(23-25-11-9-10-24(2)20-25)32(30(26)21-29)27-12-5-4-6-13-27/h4-16,18,20-21,31-32H,3,17,19,22-23H2,1-2H3,(H,35,37). The number of amides is 1. The number of carbonyl (C=O) groups is 1. The quantitative estimate of drug-likeness (QED) is 0.303. The highest BCUT2D eigenvalue weighted by molar-refractivity contribution is 5.81. The molecular weight excluding hydrogens is 470 g/mol. The summed E-state index contributed by atoms with van der Waals surface area (Å²) in [5.41, 5.74) is 7.26. The Morgan fingerprint density at radius 1 is 1.03 bits per heavy atom. The van der Waals surface area contributed by atoms with Crippen molar-refractivity contribution in [3.05, 3.63) is 131 Å². The molecule has 0 fully saturated rings. The van der Waals surface area contributed by atoms with Crippen molar-refractivity contribution in [2.24, 2.45) is 0 Å². The summed E-state index contributed by atoms with van der Waals surface area (Å²) in [5.74, 6) is 0.596. The van der Waals surface area contributed by atoms with Crippen LogP contribution < -0.4 is 10.1 Å². The number of hydrogen-bond acceptors (Lipinski definition) is 4. The average Bonchev–Trinajstić information content (AvgIpc) is 2.95. The Bertz CT molecular complexity index is 1360. The minimum Gasteiger partial charge on any atom is -0.481 e. The lowest BCUT2D eigenvalue weighted by Gasteiger charge is -2.38. The molecular formula is C33H35N3O2. The molecule has 5 heteroatoms. The Morgan fingerprint density at radius 3 is 2.63 bits per heavy atom. The average molecular weight is 506 g/mol. The van der Waals surface area contributed by atoms with Crippen molar-refractivity contribution in [2.75, 3.05) is 6.54 Å². The fraction of sp³-hybridized carbons (Fsp3) is 0.273. The summed E-state index contributed by atoms with van der Waals surface area (Å²) in [6.07, 6.45) is 2.71. The molecule has 1 aliphatic rings. The summed E-state index contributed by atoms with van der Waals surface area (Å²) in [4.78, 5) is 19.8. The van der Waals surface area contributed by atoms with Crippen LogP contribution in [0.1, 0.15) is 52.9 Å². The SMILES string of the molecule is CCC(Oc1ccc2c(c1)C(c1ccccc1)N(Cc1cccc(C)c1)CC2)C(=O)NCc1ccccn1. The summed E-state index contributed by atoms with van der Waals surface area (Å²) < 4.78 is 6.28. The zero-order chi connectivity index (χ0) is 26.3. The Morgan fingerprint density at radius 2 is 1.87 bits per heavy atom. The molecule has 194 valence electrons. The summed E-state index contributed by atoms with van der Waals surface area (Å²) in [5, 5.41) is 2.97. The van der Waals surface area contributed by atoms with Crippen molar-refractivity contribution in [3.8, 4) is 5.75 Å². The van der Waals surface area contributed by atoms with Crippen LogP contribution in [0.15, 0.2) is 97.2 Å². The Kier molecular flexibility index (Phi) is 8.15. The van der Waals surface area contributed by atoms with Gasteiger partial charge in [0, 0.05) is 19.3 Å². The molecule has 0 aliphatic carbocycles. The Labute approximate surface area is 225 Å². The molecule has 1 aliphatic heterocycles. The van der Waals surface area contributed by atoms with E-state index < -0.39 is 6.10 Å². The second-order valence-corrected chi connectivity index (χ2v) is 9.94. The lowest BCUT2D eigenvalue weighted by Crippen LogP contribution is -2.38. The molecule has 0 saturated carbocycles. The van der Waals surface area contributed by atoms with E-state index in [0.29, 0.717) is 13.0 Å². The second kappa shape index (κ2) is 12.1. The van der Waals surface area contributed by atoms with Gasteiger partial charge in [0.1, 0.15) is 5.75 Å². The molecule has 2 heterocycles. The van der Waals surface area contributed by atoms with E-state index >= 15 is 0 Å². The van der Waals surface area contributed by atoms with Crippen LogP contribution in [0, 0.1) is 6.92 Å². The number of nitrogens with zero attached hydrogens (tertiary/aromatic N) is 2. The van der Waals surface area contributed by atoms with Crippen LogP contribution in [0.3, 0.4) is 0 Å². The molecule has 1 aromatic heterocycles. The van der Waals surface area contributed by atoms with Crippen LogP contribution in [-0.4, -0.2) is 28.4 Å². The van der Waals surface area contributed by atoms with E-state index in [1.54, 1.807) is 6.20 Å². The van der Waals surface area contributed by atoms with Crippen LogP contribution in [0.2, 0.25) is 0 Å². The minimum absolute atomic E-state index is 0.113. The molecule has 4 aromatic rings. The van der Waals surface area contributed by atoms with Crippen LogP contribution in [0.25, 0.3) is 0 Å². The predicted molar refractivity (Wildman–Crippen MR) is 151 cm³/mol. The fourth-order valence-corrected chi connectivity index (χ4v) is 5.24. The first-order valence-electron chi connectivity index (χ1n) is 13.4. The lowest BCUT2D eigenvalue weighted by molar-refractivity contribution is -0.128. The maximum atomic E-state index is 12.9. The van der Waals surface area contributed by atoms with Gasteiger partial charge in [-0.15, -0.1) is 0 Å². The van der Waals surface area contributed by atoms with Gasteiger partial charge in [-0.3, -0.25) is 14.7 Å². The first-order chi connectivity index (χ1) is 18.6. The van der Waals surface area contributed by atoms with Gasteiger partial charge in [-0.2, -0.15) is 0 Å². The van der Waals surface area contributed by atoms with Gasteiger partial charge in [-0.25, -0.2) is 0 Å². The first kappa shape index (κ1) is 25.7. The van der Waals surface area contributed by atoms with E-state index in [2.05, 4.69) is 88.9 Å². The van der Waals surface area contributed by atoms with Crippen molar-refractivity contribution in [1.29, 1.82) is 0 Å². The number of ether oxygens (including phenoxy) is 1. The number of rotatable bonds is 9. The maximum absolute atomic E-state index is 12.9. The van der Waals surface area contributed by atoms with Gasteiger partial charge in [-0.05, 0) is 66.3 Å². The van der Waals surface area contributed by atoms with Crippen molar-refractivity contribution >= 4 is 5.91 Å². The van der Waals surface area contributed by atoms with Gasteiger partial charge >= 0.3 is 0 Å². The third-order valence-electron chi connectivity index (χ3n) is 7.14. The number of pyridine rings is 1. The molecule has 3 aromatic carbocycles. The highest BCUT2D eigenvalue weighted by Gasteiger charge is 2.30. The zero-order valence-electron chi connectivity index (χ0n) is 22.1. The predicted octanol–water partition coefficient (Wildman–Crippen LogP) is 6.01. The van der Waals surface area contributed by atoms with Crippen molar-refractivity contribution in [3.63, 3.8) is 0 Å². The molecule has 0 spiro atoms. The summed E-state index contributed by atoms with van der Waals surface area (Å²) in [6, 6.07) is 31.6. The van der Waals surface area contributed by atoms with Gasteiger partial charge in [0.15, 0.2) is 6.10 Å². The van der Waals surface area contributed by atoms with Crippen LogP contribution in [0.4, 0.5) is 0 Å². The monoisotopic (exact) mass is 505 g/mol. The molecule has 2 atom stereocenters. The first-order valence-corrected chi connectivity index (χ1v) is 13.4. The van der Waals surface area contributed by atoms with Crippen molar-refractivity contribution in [1.82, 2.24) is 15.2 Å².